The van der Waals surface area contributed by atoms with Gasteiger partial charge in [-0.3, -0.25) is 4.79 Å². The minimum Gasteiger partial charge on any atom is -0.398 e. The maximum atomic E-state index is 12.1. The summed E-state index contributed by atoms with van der Waals surface area (Å²) < 4.78 is 0. The van der Waals surface area contributed by atoms with Gasteiger partial charge in [-0.05, 0) is 37.6 Å². The van der Waals surface area contributed by atoms with Crippen LogP contribution in [0.5, 0.6) is 0 Å². The number of amides is 1. The van der Waals surface area contributed by atoms with E-state index >= 15 is 0 Å². The molecule has 2 aromatic rings. The summed E-state index contributed by atoms with van der Waals surface area (Å²) in [6.45, 7) is 6.48. The molecule has 1 aromatic carbocycles. The van der Waals surface area contributed by atoms with Crippen molar-refractivity contribution in [3.05, 3.63) is 53.7 Å². The van der Waals surface area contributed by atoms with Crippen molar-refractivity contribution in [2.75, 3.05) is 23.7 Å². The highest BCUT2D eigenvalue weighted by Crippen LogP contribution is 2.12. The van der Waals surface area contributed by atoms with E-state index in [0.29, 0.717) is 17.8 Å². The van der Waals surface area contributed by atoms with Crippen LogP contribution in [0.1, 0.15) is 29.8 Å². The lowest BCUT2D eigenvalue weighted by Gasteiger charge is -2.19. The predicted octanol–water partition coefficient (Wildman–Crippen LogP) is 2.44. The first kappa shape index (κ1) is 15.8. The van der Waals surface area contributed by atoms with Crippen LogP contribution in [0.25, 0.3) is 0 Å². The summed E-state index contributed by atoms with van der Waals surface area (Å²) >= 11 is 0. The Labute approximate surface area is 131 Å². The van der Waals surface area contributed by atoms with Crippen LogP contribution in [0.4, 0.5) is 11.5 Å². The monoisotopic (exact) mass is 298 g/mol. The summed E-state index contributed by atoms with van der Waals surface area (Å²) in [5.41, 5.74) is 7.73. The molecule has 0 saturated carbocycles. The molecule has 0 aliphatic rings. The number of pyridine rings is 1. The van der Waals surface area contributed by atoms with E-state index in [2.05, 4.69) is 29.0 Å². The van der Waals surface area contributed by atoms with Crippen LogP contribution in [-0.2, 0) is 6.54 Å². The van der Waals surface area contributed by atoms with Gasteiger partial charge in [0.2, 0.25) is 0 Å². The summed E-state index contributed by atoms with van der Waals surface area (Å²) in [5.74, 6) is 0.776. The number of hydrogen-bond donors (Lipinski definition) is 2. The molecule has 22 heavy (non-hydrogen) atoms. The molecule has 3 N–H and O–H groups in total. The highest BCUT2D eigenvalue weighted by atomic mass is 16.1. The number of para-hydroxylation sites is 1. The molecule has 0 fully saturated rings. The second-order valence-corrected chi connectivity index (χ2v) is 4.97. The van der Waals surface area contributed by atoms with Gasteiger partial charge < -0.3 is 16.0 Å². The maximum absolute atomic E-state index is 12.1. The second-order valence-electron chi connectivity index (χ2n) is 4.97. The molecule has 0 bridgehead atoms. The number of nitrogen functional groups attached to an aromatic ring is 1. The van der Waals surface area contributed by atoms with E-state index in [9.17, 15) is 4.79 Å². The average molecular weight is 298 g/mol. The number of benzene rings is 1. The van der Waals surface area contributed by atoms with E-state index in [1.54, 1.807) is 24.4 Å². The van der Waals surface area contributed by atoms with Crippen LogP contribution in [0.15, 0.2) is 42.6 Å². The van der Waals surface area contributed by atoms with Gasteiger partial charge in [0.05, 0.1) is 5.56 Å². The molecule has 2 rings (SSSR count). The molecule has 0 radical (unpaired) electrons. The van der Waals surface area contributed by atoms with Gasteiger partial charge in [0, 0.05) is 31.5 Å². The molecule has 0 unspecified atom stereocenters. The number of nitrogens with one attached hydrogen (secondary N) is 1. The fourth-order valence-corrected chi connectivity index (χ4v) is 2.24. The molecule has 0 atom stereocenters. The molecule has 0 spiro atoms. The molecule has 1 amide bonds. The summed E-state index contributed by atoms with van der Waals surface area (Å²) in [6.07, 6.45) is 1.79. The van der Waals surface area contributed by atoms with Gasteiger partial charge in [0.1, 0.15) is 5.82 Å². The zero-order valence-corrected chi connectivity index (χ0v) is 13.0. The quantitative estimate of drug-likeness (QED) is 0.804. The molecule has 5 heteroatoms. The number of carbonyl (C=O) groups is 1. The first-order chi connectivity index (χ1) is 10.7. The van der Waals surface area contributed by atoms with Gasteiger partial charge in [-0.2, -0.15) is 0 Å². The molecule has 0 aliphatic heterocycles. The van der Waals surface area contributed by atoms with Crippen molar-refractivity contribution >= 4 is 17.4 Å². The third kappa shape index (κ3) is 3.75. The summed E-state index contributed by atoms with van der Waals surface area (Å²) in [5, 5.41) is 2.86. The molecule has 0 aliphatic carbocycles. The highest BCUT2D eigenvalue weighted by Gasteiger charge is 2.08. The second kappa shape index (κ2) is 7.45. The van der Waals surface area contributed by atoms with Crippen molar-refractivity contribution < 1.29 is 4.79 Å². The number of nitrogens with two attached hydrogens (primary N) is 1. The molecular formula is C17H22N4O. The zero-order valence-electron chi connectivity index (χ0n) is 13.0. The van der Waals surface area contributed by atoms with E-state index in [1.807, 2.05) is 18.2 Å². The topological polar surface area (TPSA) is 71.2 Å². The molecule has 1 heterocycles. The van der Waals surface area contributed by atoms with Crippen molar-refractivity contribution in [1.29, 1.82) is 0 Å². The summed E-state index contributed by atoms with van der Waals surface area (Å²) in [7, 11) is 0. The van der Waals surface area contributed by atoms with E-state index in [1.165, 1.54) is 0 Å². The zero-order chi connectivity index (χ0) is 15.9. The maximum Gasteiger partial charge on any atom is 0.253 e. The summed E-state index contributed by atoms with van der Waals surface area (Å²) in [6, 6.07) is 11.0. The van der Waals surface area contributed by atoms with Crippen LogP contribution < -0.4 is 16.0 Å². The van der Waals surface area contributed by atoms with Crippen LogP contribution >= 0.6 is 0 Å². The Hall–Kier alpha value is -2.56. The van der Waals surface area contributed by atoms with Crippen LogP contribution in [0, 0.1) is 0 Å². The molecule has 116 valence electrons. The molecule has 5 nitrogen and oxygen atoms in total. The van der Waals surface area contributed by atoms with Crippen LogP contribution in [0.3, 0.4) is 0 Å². The van der Waals surface area contributed by atoms with Crippen LogP contribution in [0.2, 0.25) is 0 Å². The van der Waals surface area contributed by atoms with E-state index < -0.39 is 0 Å². The minimum atomic E-state index is -0.175. The van der Waals surface area contributed by atoms with Crippen molar-refractivity contribution in [2.45, 2.75) is 20.4 Å². The number of aromatic nitrogens is 1. The number of hydrogen-bond acceptors (Lipinski definition) is 4. The largest absolute Gasteiger partial charge is 0.398 e. The van der Waals surface area contributed by atoms with Gasteiger partial charge in [-0.15, -0.1) is 0 Å². The fraction of sp³-hybridized carbons (Fsp3) is 0.294. The Bertz CT molecular complexity index is 621. The van der Waals surface area contributed by atoms with Crippen molar-refractivity contribution in [2.24, 2.45) is 0 Å². The average Bonchev–Trinajstić information content (AvgIpc) is 2.55. The number of rotatable bonds is 6. The smallest absolute Gasteiger partial charge is 0.253 e. The highest BCUT2D eigenvalue weighted by molar-refractivity contribution is 5.98. The van der Waals surface area contributed by atoms with Crippen molar-refractivity contribution in [1.82, 2.24) is 10.3 Å². The molecule has 1 aromatic heterocycles. The number of anilines is 2. The lowest BCUT2D eigenvalue weighted by molar-refractivity contribution is 0.0952. The summed E-state index contributed by atoms with van der Waals surface area (Å²) in [4.78, 5) is 18.7. The molecular weight excluding hydrogens is 276 g/mol. The molecule has 0 saturated heterocycles. The first-order valence-corrected chi connectivity index (χ1v) is 7.48. The number of nitrogens with zero attached hydrogens (tertiary/aromatic N) is 2. The Balaban J connectivity index is 1.97. The Morgan fingerprint density at radius 3 is 2.50 bits per heavy atom. The van der Waals surface area contributed by atoms with Crippen LogP contribution in [-0.4, -0.2) is 24.0 Å². The number of carbonyl (C=O) groups excluding carboxylic acids is 1. The SMILES string of the molecule is CCN(CC)c1ccc(CNC(=O)c2ccccc2N)cn1. The fourth-order valence-electron chi connectivity index (χ4n) is 2.24. The van der Waals surface area contributed by atoms with Gasteiger partial charge in [-0.1, -0.05) is 18.2 Å². The standard InChI is InChI=1S/C17H22N4O/c1-3-21(4-2)16-10-9-13(11-19-16)12-20-17(22)14-7-5-6-8-15(14)18/h5-11H,3-4,12,18H2,1-2H3,(H,20,22). The Kier molecular flexibility index (Phi) is 5.36. The van der Waals surface area contributed by atoms with Gasteiger partial charge in [0.25, 0.3) is 5.91 Å². The van der Waals surface area contributed by atoms with E-state index in [-0.39, 0.29) is 5.91 Å². The normalized spacial score (nSPS) is 10.3. The lowest BCUT2D eigenvalue weighted by Crippen LogP contribution is -2.24. The minimum absolute atomic E-state index is 0.175. The first-order valence-electron chi connectivity index (χ1n) is 7.48. The third-order valence-electron chi connectivity index (χ3n) is 3.56. The van der Waals surface area contributed by atoms with Gasteiger partial charge >= 0.3 is 0 Å². The lowest BCUT2D eigenvalue weighted by atomic mass is 10.1. The Morgan fingerprint density at radius 2 is 1.91 bits per heavy atom. The van der Waals surface area contributed by atoms with E-state index in [0.717, 1.165) is 24.5 Å². The Morgan fingerprint density at radius 1 is 1.18 bits per heavy atom. The van der Waals surface area contributed by atoms with E-state index in [4.69, 9.17) is 5.73 Å². The third-order valence-corrected chi connectivity index (χ3v) is 3.56. The van der Waals surface area contributed by atoms with Gasteiger partial charge in [0.15, 0.2) is 0 Å². The predicted molar refractivity (Wildman–Crippen MR) is 89.8 cm³/mol. The van der Waals surface area contributed by atoms with Crippen molar-refractivity contribution in [3.63, 3.8) is 0 Å². The van der Waals surface area contributed by atoms with Gasteiger partial charge in [-0.25, -0.2) is 4.98 Å². The van der Waals surface area contributed by atoms with Crippen molar-refractivity contribution in [3.8, 4) is 0 Å².